The molecule has 1 aromatic heterocycles. The zero-order chi connectivity index (χ0) is 16.3. The number of rotatable bonds is 4. The van der Waals surface area contributed by atoms with E-state index in [2.05, 4.69) is 20.5 Å². The molecule has 1 atom stereocenters. The molecule has 2 rings (SSSR count). The van der Waals surface area contributed by atoms with Crippen LogP contribution in [0, 0.1) is 0 Å². The molecule has 0 aliphatic rings. The van der Waals surface area contributed by atoms with Crippen LogP contribution in [0.2, 0.25) is 20.4 Å². The molecular formula is C14H12Cl4N4. The van der Waals surface area contributed by atoms with Crippen LogP contribution in [0.4, 0.5) is 0 Å². The van der Waals surface area contributed by atoms with E-state index in [1.54, 1.807) is 19.1 Å². The van der Waals surface area contributed by atoms with Gasteiger partial charge in [0, 0.05) is 10.0 Å². The van der Waals surface area contributed by atoms with Gasteiger partial charge in [0.05, 0.1) is 18.0 Å². The second kappa shape index (κ2) is 7.47. The Hall–Kier alpha value is -1.07. The average Bonchev–Trinajstić information content (AvgIpc) is 2.44. The molecule has 4 nitrogen and oxygen atoms in total. The maximum absolute atomic E-state index is 6.17. The highest BCUT2D eigenvalue weighted by Crippen LogP contribution is 2.26. The molecule has 1 heterocycles. The summed E-state index contributed by atoms with van der Waals surface area (Å²) in [5.41, 5.74) is 4.94. The lowest BCUT2D eigenvalue weighted by Crippen LogP contribution is -2.16. The van der Waals surface area contributed by atoms with Crippen LogP contribution >= 0.6 is 46.4 Å². The van der Waals surface area contributed by atoms with E-state index in [1.165, 1.54) is 6.20 Å². The molecule has 2 aromatic rings. The fourth-order valence-electron chi connectivity index (χ4n) is 1.76. The summed E-state index contributed by atoms with van der Waals surface area (Å²) in [7, 11) is 0. The molecule has 0 saturated heterocycles. The second-order valence-electron chi connectivity index (χ2n) is 4.55. The van der Waals surface area contributed by atoms with Crippen LogP contribution < -0.4 is 5.43 Å². The highest BCUT2D eigenvalue weighted by molar-refractivity contribution is 6.35. The maximum Gasteiger partial charge on any atom is 0.158 e. The third kappa shape index (κ3) is 4.23. The standard InChI is InChI=1S/C14H12Cl4N4/c1-7(10-4-3-9(15)5-11(10)16)21-22-8(2)13-14(18)20-12(17)6-19-13/h3-7,21H,1-2H3/b22-8-. The number of nitrogens with zero attached hydrogens (tertiary/aromatic N) is 3. The first-order valence-corrected chi connectivity index (χ1v) is 7.83. The predicted octanol–water partition coefficient (Wildman–Crippen LogP) is 5.17. The summed E-state index contributed by atoms with van der Waals surface area (Å²) in [6, 6.07) is 5.20. The molecule has 0 spiro atoms. The van der Waals surface area contributed by atoms with Crippen molar-refractivity contribution >= 4 is 52.1 Å². The van der Waals surface area contributed by atoms with Gasteiger partial charge in [0.15, 0.2) is 5.15 Å². The molecule has 116 valence electrons. The summed E-state index contributed by atoms with van der Waals surface area (Å²) >= 11 is 23.8. The number of aromatic nitrogens is 2. The van der Waals surface area contributed by atoms with Crippen molar-refractivity contribution in [3.8, 4) is 0 Å². The minimum absolute atomic E-state index is 0.112. The van der Waals surface area contributed by atoms with Gasteiger partial charge in [0.1, 0.15) is 10.8 Å². The molecule has 22 heavy (non-hydrogen) atoms. The summed E-state index contributed by atoms with van der Waals surface area (Å²) in [5, 5.41) is 5.86. The molecule has 0 saturated carbocycles. The van der Waals surface area contributed by atoms with E-state index < -0.39 is 0 Å². The first-order chi connectivity index (χ1) is 10.4. The van der Waals surface area contributed by atoms with Gasteiger partial charge in [-0.25, -0.2) is 9.97 Å². The first-order valence-electron chi connectivity index (χ1n) is 6.31. The van der Waals surface area contributed by atoms with Crippen molar-refractivity contribution in [2.45, 2.75) is 19.9 Å². The van der Waals surface area contributed by atoms with Gasteiger partial charge in [0.25, 0.3) is 0 Å². The quantitative estimate of drug-likeness (QED) is 0.590. The van der Waals surface area contributed by atoms with Crippen LogP contribution in [0.3, 0.4) is 0 Å². The number of hydrogen-bond acceptors (Lipinski definition) is 4. The molecule has 8 heteroatoms. The van der Waals surface area contributed by atoms with E-state index in [4.69, 9.17) is 46.4 Å². The van der Waals surface area contributed by atoms with E-state index in [-0.39, 0.29) is 16.3 Å². The average molecular weight is 378 g/mol. The number of benzene rings is 1. The zero-order valence-electron chi connectivity index (χ0n) is 11.7. The number of halogens is 4. The molecule has 0 aliphatic heterocycles. The van der Waals surface area contributed by atoms with Gasteiger partial charge < -0.3 is 5.43 Å². The van der Waals surface area contributed by atoms with E-state index in [0.29, 0.717) is 21.5 Å². The lowest BCUT2D eigenvalue weighted by Gasteiger charge is -2.14. The van der Waals surface area contributed by atoms with Crippen molar-refractivity contribution in [1.82, 2.24) is 15.4 Å². The van der Waals surface area contributed by atoms with E-state index in [1.807, 2.05) is 13.0 Å². The van der Waals surface area contributed by atoms with Crippen LogP contribution in [0.5, 0.6) is 0 Å². The number of nitrogens with one attached hydrogen (secondary N) is 1. The van der Waals surface area contributed by atoms with Crippen molar-refractivity contribution < 1.29 is 0 Å². The molecule has 1 aromatic carbocycles. The van der Waals surface area contributed by atoms with Crippen molar-refractivity contribution in [2.24, 2.45) is 5.10 Å². The van der Waals surface area contributed by atoms with Crippen LogP contribution in [0.1, 0.15) is 31.1 Å². The lowest BCUT2D eigenvalue weighted by atomic mass is 10.1. The Labute approximate surface area is 148 Å². The predicted molar refractivity (Wildman–Crippen MR) is 92.3 cm³/mol. The molecule has 0 amide bonds. The van der Waals surface area contributed by atoms with Crippen LogP contribution in [-0.2, 0) is 0 Å². The Kier molecular flexibility index (Phi) is 5.87. The van der Waals surface area contributed by atoms with E-state index in [0.717, 1.165) is 5.56 Å². The number of hydrazone groups is 1. The van der Waals surface area contributed by atoms with E-state index in [9.17, 15) is 0 Å². The first kappa shape index (κ1) is 17.3. The van der Waals surface area contributed by atoms with Crippen LogP contribution in [-0.4, -0.2) is 15.7 Å². The fourth-order valence-corrected chi connectivity index (χ4v) is 2.78. The van der Waals surface area contributed by atoms with Gasteiger partial charge in [-0.1, -0.05) is 52.5 Å². The highest BCUT2D eigenvalue weighted by atomic mass is 35.5. The van der Waals surface area contributed by atoms with Gasteiger partial charge in [-0.3, -0.25) is 0 Å². The normalized spacial score (nSPS) is 13.1. The van der Waals surface area contributed by atoms with Gasteiger partial charge in [-0.05, 0) is 31.5 Å². The van der Waals surface area contributed by atoms with Gasteiger partial charge in [-0.2, -0.15) is 5.10 Å². The third-order valence-corrected chi connectivity index (χ3v) is 3.91. The zero-order valence-corrected chi connectivity index (χ0v) is 14.8. The number of hydrogen-bond donors (Lipinski definition) is 1. The largest absolute Gasteiger partial charge is 0.302 e. The summed E-state index contributed by atoms with van der Waals surface area (Å²) in [6.07, 6.45) is 1.42. The molecule has 1 N–H and O–H groups in total. The lowest BCUT2D eigenvalue weighted by molar-refractivity contribution is 0.605. The minimum Gasteiger partial charge on any atom is -0.302 e. The van der Waals surface area contributed by atoms with Crippen molar-refractivity contribution in [3.05, 3.63) is 56.0 Å². The van der Waals surface area contributed by atoms with Crippen LogP contribution in [0.25, 0.3) is 0 Å². The Morgan fingerprint density at radius 2 is 1.95 bits per heavy atom. The topological polar surface area (TPSA) is 50.2 Å². The fraction of sp³-hybridized carbons (Fsp3) is 0.214. The summed E-state index contributed by atoms with van der Waals surface area (Å²) in [4.78, 5) is 8.04. The van der Waals surface area contributed by atoms with Crippen molar-refractivity contribution in [3.63, 3.8) is 0 Å². The third-order valence-electron chi connectivity index (χ3n) is 2.90. The minimum atomic E-state index is -0.112. The highest BCUT2D eigenvalue weighted by Gasteiger charge is 2.11. The molecule has 0 fully saturated rings. The molecule has 0 aliphatic carbocycles. The Balaban J connectivity index is 2.16. The Morgan fingerprint density at radius 3 is 2.59 bits per heavy atom. The molecule has 0 bridgehead atoms. The molecule has 1 unspecified atom stereocenters. The van der Waals surface area contributed by atoms with Gasteiger partial charge >= 0.3 is 0 Å². The van der Waals surface area contributed by atoms with Gasteiger partial charge in [-0.15, -0.1) is 0 Å². The Morgan fingerprint density at radius 1 is 1.23 bits per heavy atom. The SMILES string of the molecule is C/C(=N/NC(C)c1ccc(Cl)cc1Cl)c1ncc(Cl)nc1Cl. The van der Waals surface area contributed by atoms with Crippen molar-refractivity contribution in [2.75, 3.05) is 0 Å². The summed E-state index contributed by atoms with van der Waals surface area (Å²) in [5.74, 6) is 0. The van der Waals surface area contributed by atoms with E-state index >= 15 is 0 Å². The Bertz CT molecular complexity index is 718. The van der Waals surface area contributed by atoms with Crippen molar-refractivity contribution in [1.29, 1.82) is 0 Å². The van der Waals surface area contributed by atoms with Gasteiger partial charge in [0.2, 0.25) is 0 Å². The molecule has 0 radical (unpaired) electrons. The smallest absolute Gasteiger partial charge is 0.158 e. The second-order valence-corrected chi connectivity index (χ2v) is 6.13. The summed E-state index contributed by atoms with van der Waals surface area (Å²) < 4.78 is 0. The summed E-state index contributed by atoms with van der Waals surface area (Å²) in [6.45, 7) is 3.70. The van der Waals surface area contributed by atoms with Crippen LogP contribution in [0.15, 0.2) is 29.5 Å². The maximum atomic E-state index is 6.17. The monoisotopic (exact) mass is 376 g/mol. The molecular weight excluding hydrogens is 366 g/mol.